The standard InChI is InChI=1S/C12H16O2/c1-12(13,11-8-5-9-14-11)10-6-3-2-4-7-10/h2-4,6-7,11,13H,5,8-9H2,1H3/t11-,12-/m1/s1. The van der Waals surface area contributed by atoms with Gasteiger partial charge in [0.25, 0.3) is 0 Å². The van der Waals surface area contributed by atoms with Gasteiger partial charge in [0.1, 0.15) is 5.60 Å². The predicted octanol–water partition coefficient (Wildman–Crippen LogP) is 2.07. The normalized spacial score (nSPS) is 26.0. The Labute approximate surface area is 84.5 Å². The average molecular weight is 192 g/mol. The molecule has 2 nitrogen and oxygen atoms in total. The lowest BCUT2D eigenvalue weighted by atomic mass is 9.89. The highest BCUT2D eigenvalue weighted by Gasteiger charge is 2.36. The van der Waals surface area contributed by atoms with Gasteiger partial charge >= 0.3 is 0 Å². The summed E-state index contributed by atoms with van der Waals surface area (Å²) >= 11 is 0. The maximum absolute atomic E-state index is 10.4. The van der Waals surface area contributed by atoms with E-state index in [0.29, 0.717) is 0 Å². The lowest BCUT2D eigenvalue weighted by Gasteiger charge is -2.29. The molecule has 0 amide bonds. The average Bonchev–Trinajstić information content (AvgIpc) is 2.72. The van der Waals surface area contributed by atoms with E-state index in [0.717, 1.165) is 25.0 Å². The highest BCUT2D eigenvalue weighted by Crippen LogP contribution is 2.32. The van der Waals surface area contributed by atoms with Gasteiger partial charge in [-0.2, -0.15) is 0 Å². The van der Waals surface area contributed by atoms with E-state index in [1.807, 2.05) is 37.3 Å². The van der Waals surface area contributed by atoms with E-state index in [-0.39, 0.29) is 6.10 Å². The Balaban J connectivity index is 2.22. The van der Waals surface area contributed by atoms with Crippen LogP contribution >= 0.6 is 0 Å². The second-order valence-corrected chi connectivity index (χ2v) is 4.02. The molecule has 1 N–H and O–H groups in total. The quantitative estimate of drug-likeness (QED) is 0.777. The van der Waals surface area contributed by atoms with Crippen molar-refractivity contribution in [2.75, 3.05) is 6.61 Å². The van der Waals surface area contributed by atoms with Crippen molar-refractivity contribution in [1.29, 1.82) is 0 Å². The van der Waals surface area contributed by atoms with Gasteiger partial charge in [-0.1, -0.05) is 30.3 Å². The van der Waals surface area contributed by atoms with Crippen molar-refractivity contribution in [1.82, 2.24) is 0 Å². The molecule has 14 heavy (non-hydrogen) atoms. The lowest BCUT2D eigenvalue weighted by Crippen LogP contribution is -2.35. The first-order valence-electron chi connectivity index (χ1n) is 5.11. The summed E-state index contributed by atoms with van der Waals surface area (Å²) in [4.78, 5) is 0. The third-order valence-corrected chi connectivity index (χ3v) is 2.91. The van der Waals surface area contributed by atoms with Crippen LogP contribution < -0.4 is 0 Å². The first-order valence-corrected chi connectivity index (χ1v) is 5.11. The molecule has 0 radical (unpaired) electrons. The molecular weight excluding hydrogens is 176 g/mol. The molecule has 0 saturated carbocycles. The molecular formula is C12H16O2. The minimum atomic E-state index is -0.849. The zero-order valence-corrected chi connectivity index (χ0v) is 8.44. The summed E-state index contributed by atoms with van der Waals surface area (Å²) in [5.74, 6) is 0. The Kier molecular flexibility index (Phi) is 2.57. The van der Waals surface area contributed by atoms with Gasteiger partial charge in [-0.3, -0.25) is 0 Å². The van der Waals surface area contributed by atoms with Crippen molar-refractivity contribution >= 4 is 0 Å². The maximum Gasteiger partial charge on any atom is 0.113 e. The van der Waals surface area contributed by atoms with Crippen LogP contribution in [0.15, 0.2) is 30.3 Å². The number of ether oxygens (including phenoxy) is 1. The molecule has 76 valence electrons. The van der Waals surface area contributed by atoms with E-state index in [4.69, 9.17) is 4.74 Å². The topological polar surface area (TPSA) is 29.5 Å². The Morgan fingerprint density at radius 1 is 1.36 bits per heavy atom. The van der Waals surface area contributed by atoms with E-state index >= 15 is 0 Å². The fourth-order valence-electron chi connectivity index (χ4n) is 1.98. The van der Waals surface area contributed by atoms with Crippen LogP contribution in [0.25, 0.3) is 0 Å². The molecule has 0 bridgehead atoms. The van der Waals surface area contributed by atoms with Crippen molar-refractivity contribution in [2.45, 2.75) is 31.5 Å². The molecule has 0 spiro atoms. The third kappa shape index (κ3) is 1.68. The highest BCUT2D eigenvalue weighted by molar-refractivity contribution is 5.23. The van der Waals surface area contributed by atoms with Gasteiger partial charge < -0.3 is 9.84 Å². The minimum Gasteiger partial charge on any atom is -0.383 e. The van der Waals surface area contributed by atoms with Crippen molar-refractivity contribution < 1.29 is 9.84 Å². The first-order chi connectivity index (χ1) is 6.71. The van der Waals surface area contributed by atoms with Crippen LogP contribution in [0, 0.1) is 0 Å². The van der Waals surface area contributed by atoms with Crippen LogP contribution in [0.1, 0.15) is 25.3 Å². The van der Waals surface area contributed by atoms with Crippen LogP contribution in [0.3, 0.4) is 0 Å². The predicted molar refractivity (Wildman–Crippen MR) is 55.0 cm³/mol. The van der Waals surface area contributed by atoms with Crippen LogP contribution in [0.5, 0.6) is 0 Å². The lowest BCUT2D eigenvalue weighted by molar-refractivity contribution is -0.0774. The second kappa shape index (κ2) is 3.71. The molecule has 1 heterocycles. The van der Waals surface area contributed by atoms with E-state index in [1.165, 1.54) is 0 Å². The second-order valence-electron chi connectivity index (χ2n) is 4.02. The van der Waals surface area contributed by atoms with Crippen LogP contribution in [-0.2, 0) is 10.3 Å². The molecule has 1 aromatic carbocycles. The number of hydrogen-bond donors (Lipinski definition) is 1. The SMILES string of the molecule is C[C@@](O)(c1ccccc1)[C@H]1CCCO1. The van der Waals surface area contributed by atoms with Gasteiger partial charge in [0.2, 0.25) is 0 Å². The summed E-state index contributed by atoms with van der Waals surface area (Å²) in [6.07, 6.45) is 1.94. The number of benzene rings is 1. The molecule has 0 aromatic heterocycles. The van der Waals surface area contributed by atoms with Gasteiger partial charge in [0, 0.05) is 6.61 Å². The molecule has 1 fully saturated rings. The summed E-state index contributed by atoms with van der Waals surface area (Å²) < 4.78 is 5.52. The van der Waals surface area contributed by atoms with E-state index in [1.54, 1.807) is 0 Å². The number of rotatable bonds is 2. The number of hydrogen-bond acceptors (Lipinski definition) is 2. The molecule has 1 aromatic rings. The Hall–Kier alpha value is -0.860. The zero-order valence-electron chi connectivity index (χ0n) is 8.44. The fourth-order valence-corrected chi connectivity index (χ4v) is 1.98. The Morgan fingerprint density at radius 2 is 2.07 bits per heavy atom. The van der Waals surface area contributed by atoms with Gasteiger partial charge in [0.05, 0.1) is 6.10 Å². The fraction of sp³-hybridized carbons (Fsp3) is 0.500. The summed E-state index contributed by atoms with van der Waals surface area (Å²) in [7, 11) is 0. The van der Waals surface area contributed by atoms with Crippen LogP contribution in [-0.4, -0.2) is 17.8 Å². The van der Waals surface area contributed by atoms with E-state index in [9.17, 15) is 5.11 Å². The first kappa shape index (κ1) is 9.69. The zero-order chi connectivity index (χ0) is 10.0. The number of aliphatic hydroxyl groups is 1. The van der Waals surface area contributed by atoms with Crippen LogP contribution in [0.4, 0.5) is 0 Å². The Bertz CT molecular complexity index is 286. The van der Waals surface area contributed by atoms with Gasteiger partial charge in [-0.25, -0.2) is 0 Å². The molecule has 2 heteroatoms. The molecule has 0 aliphatic carbocycles. The molecule has 0 unspecified atom stereocenters. The molecule has 1 aliphatic heterocycles. The van der Waals surface area contributed by atoms with Crippen molar-refractivity contribution in [3.05, 3.63) is 35.9 Å². The van der Waals surface area contributed by atoms with Crippen molar-refractivity contribution in [2.24, 2.45) is 0 Å². The minimum absolute atomic E-state index is 0.0510. The largest absolute Gasteiger partial charge is 0.383 e. The Morgan fingerprint density at radius 3 is 2.64 bits per heavy atom. The third-order valence-electron chi connectivity index (χ3n) is 2.91. The molecule has 2 rings (SSSR count). The highest BCUT2D eigenvalue weighted by atomic mass is 16.5. The van der Waals surface area contributed by atoms with E-state index < -0.39 is 5.60 Å². The van der Waals surface area contributed by atoms with Crippen molar-refractivity contribution in [3.8, 4) is 0 Å². The van der Waals surface area contributed by atoms with E-state index in [2.05, 4.69) is 0 Å². The molecule has 1 aliphatic rings. The molecule has 1 saturated heterocycles. The maximum atomic E-state index is 10.4. The summed E-state index contributed by atoms with van der Waals surface area (Å²) in [6.45, 7) is 2.60. The van der Waals surface area contributed by atoms with Crippen molar-refractivity contribution in [3.63, 3.8) is 0 Å². The summed E-state index contributed by atoms with van der Waals surface area (Å²) in [5, 5.41) is 10.4. The smallest absolute Gasteiger partial charge is 0.113 e. The summed E-state index contributed by atoms with van der Waals surface area (Å²) in [5.41, 5.74) is 0.0875. The van der Waals surface area contributed by atoms with Crippen LogP contribution in [0.2, 0.25) is 0 Å². The molecule has 2 atom stereocenters. The van der Waals surface area contributed by atoms with Gasteiger partial charge in [0.15, 0.2) is 0 Å². The van der Waals surface area contributed by atoms with Gasteiger partial charge in [-0.05, 0) is 25.3 Å². The monoisotopic (exact) mass is 192 g/mol. The van der Waals surface area contributed by atoms with Gasteiger partial charge in [-0.15, -0.1) is 0 Å². The summed E-state index contributed by atoms with van der Waals surface area (Å²) in [6, 6.07) is 9.73.